The Morgan fingerprint density at radius 2 is 1.97 bits per heavy atom. The summed E-state index contributed by atoms with van der Waals surface area (Å²) in [6.45, 7) is 0.0207. The normalized spacial score (nSPS) is 11.7. The molecule has 0 unspecified atom stereocenters. The van der Waals surface area contributed by atoms with Gasteiger partial charge in [-0.3, -0.25) is 19.7 Å². The zero-order chi connectivity index (χ0) is 21.1. The van der Waals surface area contributed by atoms with E-state index < -0.39 is 16.4 Å². The Kier molecular flexibility index (Phi) is 5.04. The summed E-state index contributed by atoms with van der Waals surface area (Å²) in [6, 6.07) is 13.6. The van der Waals surface area contributed by atoms with Crippen LogP contribution in [0.2, 0.25) is 0 Å². The number of nitro benzene ring substituents is 1. The van der Waals surface area contributed by atoms with Crippen LogP contribution in [0.5, 0.6) is 11.5 Å². The molecule has 0 fully saturated rings. The van der Waals surface area contributed by atoms with Crippen LogP contribution in [-0.2, 0) is 6.61 Å². The Labute approximate surface area is 169 Å². The van der Waals surface area contributed by atoms with Crippen LogP contribution in [0.3, 0.4) is 0 Å². The van der Waals surface area contributed by atoms with Crippen molar-refractivity contribution in [1.29, 1.82) is 0 Å². The Morgan fingerprint density at radius 3 is 2.80 bits per heavy atom. The number of anilines is 1. The van der Waals surface area contributed by atoms with Gasteiger partial charge in [0, 0.05) is 30.1 Å². The van der Waals surface area contributed by atoms with Crippen molar-refractivity contribution in [3.8, 4) is 11.5 Å². The zero-order valence-electron chi connectivity index (χ0n) is 15.4. The number of aromatic nitrogens is 1. The molecule has 1 aromatic heterocycles. The number of amides is 1. The summed E-state index contributed by atoms with van der Waals surface area (Å²) in [6.07, 6.45) is 1.36. The number of rotatable bonds is 6. The van der Waals surface area contributed by atoms with Crippen molar-refractivity contribution in [1.82, 2.24) is 4.73 Å². The van der Waals surface area contributed by atoms with Gasteiger partial charge in [0.1, 0.15) is 12.2 Å². The van der Waals surface area contributed by atoms with Gasteiger partial charge in [-0.1, -0.05) is 12.1 Å². The summed E-state index contributed by atoms with van der Waals surface area (Å²) < 4.78 is 11.4. The molecule has 0 radical (unpaired) electrons. The van der Waals surface area contributed by atoms with Crippen molar-refractivity contribution in [2.75, 3.05) is 12.1 Å². The third-order valence-electron chi connectivity index (χ3n) is 4.28. The molecule has 152 valence electrons. The van der Waals surface area contributed by atoms with Crippen molar-refractivity contribution in [3.05, 3.63) is 92.4 Å². The first-order valence-electron chi connectivity index (χ1n) is 8.80. The van der Waals surface area contributed by atoms with E-state index in [9.17, 15) is 19.7 Å². The third kappa shape index (κ3) is 3.92. The molecule has 4 rings (SSSR count). The molecule has 10 heteroatoms. The van der Waals surface area contributed by atoms with Crippen LogP contribution in [-0.4, -0.2) is 22.4 Å². The van der Waals surface area contributed by atoms with E-state index in [1.165, 1.54) is 36.5 Å². The predicted octanol–water partition coefficient (Wildman–Crippen LogP) is 2.37. The number of hydrogen-bond donors (Lipinski definition) is 1. The Hall–Kier alpha value is -4.34. The third-order valence-corrected chi connectivity index (χ3v) is 4.28. The second-order valence-corrected chi connectivity index (χ2v) is 6.28. The van der Waals surface area contributed by atoms with Gasteiger partial charge in [0.05, 0.1) is 4.92 Å². The molecule has 0 saturated heterocycles. The van der Waals surface area contributed by atoms with Crippen molar-refractivity contribution >= 4 is 17.3 Å². The summed E-state index contributed by atoms with van der Waals surface area (Å²) >= 11 is 0. The summed E-state index contributed by atoms with van der Waals surface area (Å²) in [5.41, 5.74) is 0.0681. The fourth-order valence-corrected chi connectivity index (χ4v) is 2.83. The van der Waals surface area contributed by atoms with Gasteiger partial charge in [0.2, 0.25) is 6.79 Å². The fraction of sp³-hybridized carbons (Fsp3) is 0.100. The molecule has 0 bridgehead atoms. The molecular weight excluding hydrogens is 394 g/mol. The van der Waals surface area contributed by atoms with Gasteiger partial charge < -0.3 is 19.6 Å². The quantitative estimate of drug-likeness (QED) is 0.490. The maximum absolute atomic E-state index is 12.6. The minimum atomic E-state index is -0.666. The number of nitro groups is 1. The average molecular weight is 409 g/mol. The molecular formula is C20H15N3O7. The Balaban J connectivity index is 1.48. The van der Waals surface area contributed by atoms with E-state index in [4.69, 9.17) is 14.3 Å². The Morgan fingerprint density at radius 1 is 1.13 bits per heavy atom. The van der Waals surface area contributed by atoms with Crippen molar-refractivity contribution in [2.24, 2.45) is 0 Å². The molecule has 1 amide bonds. The number of fused-ring (bicyclic) bond motifs is 1. The highest BCUT2D eigenvalue weighted by Crippen LogP contribution is 2.34. The molecule has 1 aliphatic rings. The van der Waals surface area contributed by atoms with Crippen LogP contribution in [0, 0.1) is 10.1 Å². The van der Waals surface area contributed by atoms with Crippen LogP contribution in [0.4, 0.5) is 11.4 Å². The average Bonchev–Trinajstić information content (AvgIpc) is 3.21. The molecule has 3 aromatic rings. The second-order valence-electron chi connectivity index (χ2n) is 6.28. The molecule has 0 atom stereocenters. The van der Waals surface area contributed by atoms with Gasteiger partial charge in [-0.25, -0.2) is 0 Å². The predicted molar refractivity (Wildman–Crippen MR) is 105 cm³/mol. The molecule has 2 aromatic carbocycles. The van der Waals surface area contributed by atoms with Gasteiger partial charge >= 0.3 is 0 Å². The second kappa shape index (κ2) is 7.95. The van der Waals surface area contributed by atoms with Crippen LogP contribution in [0.15, 0.2) is 65.6 Å². The van der Waals surface area contributed by atoms with E-state index in [0.717, 1.165) is 4.73 Å². The van der Waals surface area contributed by atoms with Gasteiger partial charge in [0.25, 0.3) is 17.2 Å². The maximum Gasteiger partial charge on any atom is 0.295 e. The van der Waals surface area contributed by atoms with Crippen molar-refractivity contribution < 1.29 is 24.0 Å². The molecule has 2 heterocycles. The lowest BCUT2D eigenvalue weighted by atomic mass is 10.2. The minimum Gasteiger partial charge on any atom is -0.454 e. The lowest BCUT2D eigenvalue weighted by molar-refractivity contribution is -0.384. The van der Waals surface area contributed by atoms with E-state index in [0.29, 0.717) is 22.7 Å². The van der Waals surface area contributed by atoms with Crippen LogP contribution >= 0.6 is 0 Å². The lowest BCUT2D eigenvalue weighted by Crippen LogP contribution is -2.32. The van der Waals surface area contributed by atoms with Crippen molar-refractivity contribution in [3.63, 3.8) is 0 Å². The number of non-ortho nitro benzene ring substituents is 1. The van der Waals surface area contributed by atoms with Gasteiger partial charge in [0.15, 0.2) is 11.5 Å². The lowest BCUT2D eigenvalue weighted by Gasteiger charge is -2.10. The highest BCUT2D eigenvalue weighted by atomic mass is 16.7. The molecule has 0 spiro atoms. The number of pyridine rings is 1. The molecule has 0 saturated carbocycles. The number of nitrogens with one attached hydrogen (secondary N) is 1. The number of carbonyl (C=O) groups is 1. The van der Waals surface area contributed by atoms with Gasteiger partial charge in [-0.05, 0) is 29.8 Å². The standard InChI is InChI=1S/C20H15N3O7/c24-19(21-14-6-7-17-18(10-14)29-12-28-17)16-5-2-8-22(20(16)25)30-11-13-3-1-4-15(9-13)23(26)27/h1-10H,11-12H2,(H,21,24). The number of carbonyl (C=O) groups excluding carboxylic acids is 1. The van der Waals surface area contributed by atoms with Gasteiger partial charge in [-0.2, -0.15) is 4.73 Å². The molecule has 1 N–H and O–H groups in total. The SMILES string of the molecule is O=C(Nc1ccc2c(c1)OCO2)c1cccn(OCc2cccc([N+](=O)[O-])c2)c1=O. The highest BCUT2D eigenvalue weighted by Gasteiger charge is 2.17. The van der Waals surface area contributed by atoms with Crippen molar-refractivity contribution in [2.45, 2.75) is 6.61 Å². The minimum absolute atomic E-state index is 0.0831. The zero-order valence-corrected chi connectivity index (χ0v) is 15.4. The maximum atomic E-state index is 12.6. The number of hydrogen-bond acceptors (Lipinski definition) is 7. The molecule has 0 aliphatic carbocycles. The molecule has 1 aliphatic heterocycles. The number of ether oxygens (including phenoxy) is 2. The molecule has 30 heavy (non-hydrogen) atoms. The van der Waals surface area contributed by atoms with E-state index in [2.05, 4.69) is 5.32 Å². The van der Waals surface area contributed by atoms with Crippen LogP contribution in [0.1, 0.15) is 15.9 Å². The summed E-state index contributed by atoms with van der Waals surface area (Å²) in [5, 5.41) is 13.5. The van der Waals surface area contributed by atoms with Crippen LogP contribution in [0.25, 0.3) is 0 Å². The van der Waals surface area contributed by atoms with Gasteiger partial charge in [-0.15, -0.1) is 0 Å². The van der Waals surface area contributed by atoms with E-state index in [1.54, 1.807) is 24.3 Å². The summed E-state index contributed by atoms with van der Waals surface area (Å²) in [5.74, 6) is 0.454. The van der Waals surface area contributed by atoms with Crippen LogP contribution < -0.4 is 25.2 Å². The monoisotopic (exact) mass is 409 g/mol. The van der Waals surface area contributed by atoms with E-state index >= 15 is 0 Å². The van der Waals surface area contributed by atoms with E-state index in [-0.39, 0.29) is 24.7 Å². The molecule has 10 nitrogen and oxygen atoms in total. The Bertz CT molecular complexity index is 1190. The first-order valence-corrected chi connectivity index (χ1v) is 8.80. The smallest absolute Gasteiger partial charge is 0.295 e. The topological polar surface area (TPSA) is 122 Å². The summed E-state index contributed by atoms with van der Waals surface area (Å²) in [4.78, 5) is 40.9. The summed E-state index contributed by atoms with van der Waals surface area (Å²) in [7, 11) is 0. The van der Waals surface area contributed by atoms with E-state index in [1.807, 2.05) is 0 Å². The fourth-order valence-electron chi connectivity index (χ4n) is 2.83. The largest absolute Gasteiger partial charge is 0.454 e. The first-order chi connectivity index (χ1) is 14.5. The first kappa shape index (κ1) is 19.0. The number of benzene rings is 2. The number of nitrogens with zero attached hydrogens (tertiary/aromatic N) is 2. The highest BCUT2D eigenvalue weighted by molar-refractivity contribution is 6.04.